The molecule has 3 aromatic carbocycles. The molecule has 6 nitrogen and oxygen atoms in total. The van der Waals surface area contributed by atoms with Gasteiger partial charge in [-0.05, 0) is 73.6 Å². The van der Waals surface area contributed by atoms with E-state index in [9.17, 15) is 27.2 Å². The Morgan fingerprint density at radius 3 is 2.33 bits per heavy atom. The van der Waals surface area contributed by atoms with Crippen LogP contribution in [0.3, 0.4) is 0 Å². The van der Waals surface area contributed by atoms with E-state index in [-0.39, 0.29) is 36.7 Å². The first-order valence-electron chi connectivity index (χ1n) is 13.1. The number of rotatable bonds is 6. The highest BCUT2D eigenvalue weighted by atomic mass is 35.5. The van der Waals surface area contributed by atoms with Gasteiger partial charge in [-0.15, -0.1) is 0 Å². The Bertz CT molecular complexity index is 1560. The fourth-order valence-electron chi connectivity index (χ4n) is 5.45. The standard InChI is InChI=1S/C30H26Cl2F4N4O2/c1-17-11-28(41)40(37-17)21-7-4-19(5-8-21)29(42)39-15-22(20-6-10-24(31)25(32)13-20)27(16-39)38(2)14-18-3-9-23(26(33)12-18)30(34,35)36/h3-10,12-13,22,27H,11,14-16H2,1-2H3/t22-,27?/m1/s1. The molecule has 2 amide bonds. The fraction of sp³-hybridized carbons (Fsp3) is 0.300. The molecule has 0 saturated carbocycles. The highest BCUT2D eigenvalue weighted by Crippen LogP contribution is 2.36. The molecule has 2 heterocycles. The highest BCUT2D eigenvalue weighted by Gasteiger charge is 2.39. The molecule has 1 unspecified atom stereocenters. The van der Waals surface area contributed by atoms with Crippen LogP contribution in [0, 0.1) is 5.82 Å². The molecule has 12 heteroatoms. The first-order chi connectivity index (χ1) is 19.8. The molecule has 2 aliphatic heterocycles. The summed E-state index contributed by atoms with van der Waals surface area (Å²) in [4.78, 5) is 29.4. The molecule has 42 heavy (non-hydrogen) atoms. The summed E-state index contributed by atoms with van der Waals surface area (Å²) in [6.45, 7) is 2.56. The van der Waals surface area contributed by atoms with Crippen molar-refractivity contribution in [3.8, 4) is 0 Å². The lowest BCUT2D eigenvalue weighted by Crippen LogP contribution is -2.38. The maximum absolute atomic E-state index is 14.3. The van der Waals surface area contributed by atoms with Crippen LogP contribution in [0.15, 0.2) is 65.8 Å². The van der Waals surface area contributed by atoms with Gasteiger partial charge in [-0.1, -0.05) is 35.3 Å². The summed E-state index contributed by atoms with van der Waals surface area (Å²) >= 11 is 12.4. The predicted octanol–water partition coefficient (Wildman–Crippen LogP) is 7.00. The van der Waals surface area contributed by atoms with Crippen LogP contribution in [-0.2, 0) is 17.5 Å². The van der Waals surface area contributed by atoms with E-state index in [2.05, 4.69) is 5.10 Å². The number of likely N-dealkylation sites (N-methyl/N-ethyl adjacent to an activating group) is 1. The van der Waals surface area contributed by atoms with Crippen molar-refractivity contribution in [2.45, 2.75) is 38.0 Å². The van der Waals surface area contributed by atoms with Crippen molar-refractivity contribution in [3.63, 3.8) is 0 Å². The molecule has 2 atom stereocenters. The lowest BCUT2D eigenvalue weighted by Gasteiger charge is -2.29. The summed E-state index contributed by atoms with van der Waals surface area (Å²) in [5.41, 5.74) is 1.58. The smallest absolute Gasteiger partial charge is 0.336 e. The first-order valence-corrected chi connectivity index (χ1v) is 13.8. The average Bonchev–Trinajstić information content (AvgIpc) is 3.52. The minimum atomic E-state index is -4.78. The van der Waals surface area contributed by atoms with Gasteiger partial charge in [0.05, 0.1) is 27.7 Å². The minimum Gasteiger partial charge on any atom is -0.336 e. The Labute approximate surface area is 250 Å². The van der Waals surface area contributed by atoms with Crippen LogP contribution in [0.2, 0.25) is 10.0 Å². The lowest BCUT2D eigenvalue weighted by molar-refractivity contribution is -0.140. The quantitative estimate of drug-likeness (QED) is 0.279. The van der Waals surface area contributed by atoms with Crippen molar-refractivity contribution in [2.75, 3.05) is 25.1 Å². The van der Waals surface area contributed by atoms with E-state index < -0.39 is 17.6 Å². The molecule has 1 fully saturated rings. The average molecular weight is 621 g/mol. The van der Waals surface area contributed by atoms with E-state index >= 15 is 0 Å². The molecule has 220 valence electrons. The zero-order chi connectivity index (χ0) is 30.3. The van der Waals surface area contributed by atoms with Crippen LogP contribution in [0.1, 0.15) is 46.3 Å². The number of benzene rings is 3. The van der Waals surface area contributed by atoms with E-state index in [1.54, 1.807) is 55.3 Å². The van der Waals surface area contributed by atoms with Gasteiger partial charge in [0.15, 0.2) is 0 Å². The normalized spacial score (nSPS) is 19.2. The van der Waals surface area contributed by atoms with E-state index in [0.29, 0.717) is 45.7 Å². The Morgan fingerprint density at radius 1 is 1.02 bits per heavy atom. The summed E-state index contributed by atoms with van der Waals surface area (Å²) in [6.07, 6.45) is -4.53. The number of hydrazone groups is 1. The van der Waals surface area contributed by atoms with Crippen LogP contribution in [0.25, 0.3) is 0 Å². The van der Waals surface area contributed by atoms with Crippen molar-refractivity contribution in [3.05, 3.63) is 98.8 Å². The maximum Gasteiger partial charge on any atom is 0.419 e. The number of halogens is 6. The van der Waals surface area contributed by atoms with Crippen LogP contribution in [0.4, 0.5) is 23.2 Å². The van der Waals surface area contributed by atoms with E-state index in [0.717, 1.165) is 17.7 Å². The second-order valence-corrected chi connectivity index (χ2v) is 11.4. The summed E-state index contributed by atoms with van der Waals surface area (Å²) < 4.78 is 53.4. The third-order valence-electron chi connectivity index (χ3n) is 7.56. The molecule has 5 rings (SSSR count). The Kier molecular flexibility index (Phi) is 8.33. The van der Waals surface area contributed by atoms with Crippen molar-refractivity contribution >= 4 is 46.4 Å². The van der Waals surface area contributed by atoms with Gasteiger partial charge in [-0.3, -0.25) is 14.5 Å². The van der Waals surface area contributed by atoms with Gasteiger partial charge < -0.3 is 4.90 Å². The molecule has 0 N–H and O–H groups in total. The van der Waals surface area contributed by atoms with Crippen LogP contribution < -0.4 is 5.01 Å². The SMILES string of the molecule is CC1=NN(c2ccc(C(=O)N3CC(N(C)Cc4ccc(C(F)(F)F)c(F)c4)[C@@H](c4ccc(Cl)c(Cl)c4)C3)cc2)C(=O)C1. The molecular weight excluding hydrogens is 595 g/mol. The fourth-order valence-corrected chi connectivity index (χ4v) is 5.75. The maximum atomic E-state index is 14.3. The Balaban J connectivity index is 1.38. The largest absolute Gasteiger partial charge is 0.419 e. The second-order valence-electron chi connectivity index (χ2n) is 10.5. The summed E-state index contributed by atoms with van der Waals surface area (Å²) in [5.74, 6) is -1.92. The van der Waals surface area contributed by atoms with Gasteiger partial charge in [-0.25, -0.2) is 9.40 Å². The third-order valence-corrected chi connectivity index (χ3v) is 8.30. The molecule has 0 spiro atoms. The molecule has 0 aromatic heterocycles. The highest BCUT2D eigenvalue weighted by molar-refractivity contribution is 6.42. The second kappa shape index (κ2) is 11.7. The number of hydrogen-bond donors (Lipinski definition) is 0. The molecular formula is C30H26Cl2F4N4O2. The minimum absolute atomic E-state index is 0.144. The molecule has 0 bridgehead atoms. The first kappa shape index (κ1) is 30.0. The van der Waals surface area contributed by atoms with Gasteiger partial charge in [0.2, 0.25) is 0 Å². The van der Waals surface area contributed by atoms with E-state index in [1.807, 2.05) is 11.0 Å². The number of hydrogen-bond acceptors (Lipinski definition) is 4. The predicted molar refractivity (Wildman–Crippen MR) is 153 cm³/mol. The zero-order valence-corrected chi connectivity index (χ0v) is 24.1. The Hall–Kier alpha value is -3.47. The number of carbonyl (C=O) groups is 2. The molecule has 1 saturated heterocycles. The zero-order valence-electron chi connectivity index (χ0n) is 22.6. The van der Waals surface area contributed by atoms with Gasteiger partial charge in [0.1, 0.15) is 5.82 Å². The van der Waals surface area contributed by atoms with Crippen molar-refractivity contribution in [1.82, 2.24) is 9.80 Å². The van der Waals surface area contributed by atoms with Crippen molar-refractivity contribution in [2.24, 2.45) is 5.10 Å². The number of anilines is 1. The Morgan fingerprint density at radius 2 is 1.74 bits per heavy atom. The van der Waals surface area contributed by atoms with Gasteiger partial charge in [-0.2, -0.15) is 18.3 Å². The van der Waals surface area contributed by atoms with Gasteiger partial charge in [0, 0.05) is 42.9 Å². The number of carbonyl (C=O) groups excluding carboxylic acids is 2. The number of likely N-dealkylation sites (tertiary alicyclic amines) is 1. The van der Waals surface area contributed by atoms with Gasteiger partial charge >= 0.3 is 6.18 Å². The van der Waals surface area contributed by atoms with Crippen molar-refractivity contribution < 1.29 is 27.2 Å². The molecule has 2 aliphatic rings. The third kappa shape index (κ3) is 6.16. The number of nitrogens with zero attached hydrogens (tertiary/aromatic N) is 4. The van der Waals surface area contributed by atoms with E-state index in [4.69, 9.17) is 23.2 Å². The summed E-state index contributed by atoms with van der Waals surface area (Å²) in [5, 5.41) is 6.29. The lowest BCUT2D eigenvalue weighted by atomic mass is 9.93. The van der Waals surface area contributed by atoms with Crippen LogP contribution in [0.5, 0.6) is 0 Å². The summed E-state index contributed by atoms with van der Waals surface area (Å²) in [7, 11) is 1.78. The van der Waals surface area contributed by atoms with E-state index in [1.165, 1.54) is 11.1 Å². The molecule has 0 aliphatic carbocycles. The van der Waals surface area contributed by atoms with Crippen LogP contribution >= 0.6 is 23.2 Å². The monoisotopic (exact) mass is 620 g/mol. The number of alkyl halides is 3. The van der Waals surface area contributed by atoms with Crippen molar-refractivity contribution in [1.29, 1.82) is 0 Å². The number of amides is 2. The van der Waals surface area contributed by atoms with Gasteiger partial charge in [0.25, 0.3) is 11.8 Å². The molecule has 3 aromatic rings. The summed E-state index contributed by atoms with van der Waals surface area (Å²) in [6, 6.07) is 14.5. The topological polar surface area (TPSA) is 56.2 Å². The van der Waals surface area contributed by atoms with Crippen LogP contribution in [-0.4, -0.2) is 53.5 Å². The molecule has 0 radical (unpaired) electrons.